The van der Waals surface area contributed by atoms with Gasteiger partial charge in [-0.3, -0.25) is 9.48 Å². The number of hydrogen-bond acceptors (Lipinski definition) is 3. The minimum atomic E-state index is -1.05. The highest BCUT2D eigenvalue weighted by Crippen LogP contribution is 2.49. The van der Waals surface area contributed by atoms with Crippen molar-refractivity contribution >= 4 is 17.7 Å². The number of benzene rings is 1. The summed E-state index contributed by atoms with van der Waals surface area (Å²) >= 11 is 0. The van der Waals surface area contributed by atoms with E-state index in [0.29, 0.717) is 5.92 Å². The Morgan fingerprint density at radius 1 is 1.26 bits per heavy atom. The molecule has 142 valence electrons. The lowest BCUT2D eigenvalue weighted by Gasteiger charge is -2.45. The maximum atomic E-state index is 12.5. The normalized spacial score (nSPS) is 24.4. The summed E-state index contributed by atoms with van der Waals surface area (Å²) in [6.45, 7) is 3.63. The Balaban J connectivity index is 1.85. The van der Waals surface area contributed by atoms with E-state index in [4.69, 9.17) is 0 Å². The molecule has 3 atom stereocenters. The zero-order valence-corrected chi connectivity index (χ0v) is 15.7. The molecule has 2 aromatic rings. The first kappa shape index (κ1) is 17.6. The number of carbonyl (C=O) groups is 2. The van der Waals surface area contributed by atoms with Crippen molar-refractivity contribution in [3.05, 3.63) is 36.2 Å². The van der Waals surface area contributed by atoms with Crippen LogP contribution in [0, 0.1) is 11.8 Å². The van der Waals surface area contributed by atoms with E-state index >= 15 is 0 Å². The molecule has 1 aliphatic heterocycles. The Hall–Kier alpha value is -2.83. The number of nitrogens with one attached hydrogen (secondary N) is 1. The molecule has 0 unspecified atom stereocenters. The number of nitrogens with zero attached hydrogens (tertiary/aromatic N) is 3. The summed E-state index contributed by atoms with van der Waals surface area (Å²) in [5.41, 5.74) is 3.57. The first-order valence-corrected chi connectivity index (χ1v) is 9.29. The molecule has 7 nitrogen and oxygen atoms in total. The van der Waals surface area contributed by atoms with E-state index in [1.807, 2.05) is 43.3 Å². The highest BCUT2D eigenvalue weighted by molar-refractivity contribution is 5.94. The molecule has 0 bridgehead atoms. The van der Waals surface area contributed by atoms with Crippen molar-refractivity contribution in [2.24, 2.45) is 18.9 Å². The van der Waals surface area contributed by atoms with Gasteiger partial charge in [-0.1, -0.05) is 13.0 Å². The molecule has 4 rings (SSSR count). The van der Waals surface area contributed by atoms with Gasteiger partial charge in [0, 0.05) is 43.4 Å². The van der Waals surface area contributed by atoms with Crippen molar-refractivity contribution in [2.75, 3.05) is 4.90 Å². The number of fused-ring (bicyclic) bond motifs is 1. The van der Waals surface area contributed by atoms with Crippen molar-refractivity contribution in [1.82, 2.24) is 15.1 Å². The number of rotatable bonds is 3. The molecule has 7 heteroatoms. The van der Waals surface area contributed by atoms with Gasteiger partial charge in [0.2, 0.25) is 5.91 Å². The first-order valence-electron chi connectivity index (χ1n) is 9.29. The average Bonchev–Trinajstić information content (AvgIpc) is 3.36. The van der Waals surface area contributed by atoms with E-state index in [2.05, 4.69) is 10.4 Å². The molecule has 0 radical (unpaired) electrons. The molecule has 1 fully saturated rings. The van der Waals surface area contributed by atoms with E-state index < -0.39 is 6.09 Å². The van der Waals surface area contributed by atoms with E-state index in [-0.39, 0.29) is 23.9 Å². The SMILES string of the molecule is CC(=O)N1c2ccc(-c3cnn(C)c3)cc2[C@H](NC(=O)O)[C@@H](C)[C@H]1C1CC1. The lowest BCUT2D eigenvalue weighted by atomic mass is 9.79. The summed E-state index contributed by atoms with van der Waals surface area (Å²) in [6.07, 6.45) is 4.83. The third-order valence-electron chi connectivity index (χ3n) is 5.75. The van der Waals surface area contributed by atoms with Crippen molar-refractivity contribution in [3.63, 3.8) is 0 Å². The second-order valence-electron chi connectivity index (χ2n) is 7.68. The molecule has 1 aromatic heterocycles. The van der Waals surface area contributed by atoms with Crippen LogP contribution in [0.1, 0.15) is 38.3 Å². The van der Waals surface area contributed by atoms with Gasteiger partial charge in [0.25, 0.3) is 0 Å². The molecule has 2 amide bonds. The number of amides is 2. The minimum Gasteiger partial charge on any atom is -0.465 e. The third-order valence-corrected chi connectivity index (χ3v) is 5.75. The highest BCUT2D eigenvalue weighted by Gasteiger charge is 2.47. The molecule has 2 aliphatic rings. The van der Waals surface area contributed by atoms with Crippen LogP contribution in [0.25, 0.3) is 11.1 Å². The number of carbonyl (C=O) groups excluding carboxylic acids is 1. The van der Waals surface area contributed by atoms with Crippen molar-refractivity contribution in [1.29, 1.82) is 0 Å². The average molecular weight is 368 g/mol. The van der Waals surface area contributed by atoms with Crippen LogP contribution in [0.5, 0.6) is 0 Å². The Morgan fingerprint density at radius 2 is 2.00 bits per heavy atom. The van der Waals surface area contributed by atoms with Crippen LogP contribution in [0.15, 0.2) is 30.6 Å². The summed E-state index contributed by atoms with van der Waals surface area (Å²) < 4.78 is 1.73. The summed E-state index contributed by atoms with van der Waals surface area (Å²) in [4.78, 5) is 25.9. The molecule has 1 aromatic carbocycles. The van der Waals surface area contributed by atoms with Gasteiger partial charge in [0.1, 0.15) is 0 Å². The summed E-state index contributed by atoms with van der Waals surface area (Å²) in [5.74, 6) is 0.435. The summed E-state index contributed by atoms with van der Waals surface area (Å²) in [7, 11) is 1.86. The fourth-order valence-electron chi connectivity index (χ4n) is 4.45. The van der Waals surface area contributed by atoms with Crippen LogP contribution in [0.2, 0.25) is 0 Å². The summed E-state index contributed by atoms with van der Waals surface area (Å²) in [5, 5.41) is 16.3. The second-order valence-corrected chi connectivity index (χ2v) is 7.68. The monoisotopic (exact) mass is 368 g/mol. The van der Waals surface area contributed by atoms with E-state index in [1.165, 1.54) is 0 Å². The van der Waals surface area contributed by atoms with E-state index in [9.17, 15) is 14.7 Å². The van der Waals surface area contributed by atoms with Crippen molar-refractivity contribution in [2.45, 2.75) is 38.8 Å². The Kier molecular flexibility index (Phi) is 4.17. The van der Waals surface area contributed by atoms with Crippen LogP contribution in [0.3, 0.4) is 0 Å². The van der Waals surface area contributed by atoms with Gasteiger partial charge in [-0.2, -0.15) is 5.10 Å². The van der Waals surface area contributed by atoms with E-state index in [0.717, 1.165) is 35.2 Å². The van der Waals surface area contributed by atoms with Gasteiger partial charge in [-0.15, -0.1) is 0 Å². The van der Waals surface area contributed by atoms with Crippen LogP contribution < -0.4 is 10.2 Å². The molecular formula is C20H24N4O3. The highest BCUT2D eigenvalue weighted by atomic mass is 16.4. The number of aromatic nitrogens is 2. The molecule has 0 saturated heterocycles. The molecule has 1 aliphatic carbocycles. The Labute approximate surface area is 158 Å². The predicted octanol–water partition coefficient (Wildman–Crippen LogP) is 3.18. The minimum absolute atomic E-state index is 0.00269. The molecular weight excluding hydrogens is 344 g/mol. The Bertz CT molecular complexity index is 902. The van der Waals surface area contributed by atoms with Gasteiger partial charge in [-0.05, 0) is 42.0 Å². The van der Waals surface area contributed by atoms with Crippen molar-refractivity contribution < 1.29 is 14.7 Å². The van der Waals surface area contributed by atoms with Crippen LogP contribution in [-0.2, 0) is 11.8 Å². The molecule has 2 N–H and O–H groups in total. The van der Waals surface area contributed by atoms with Gasteiger partial charge in [0.05, 0.1) is 12.2 Å². The van der Waals surface area contributed by atoms with Crippen LogP contribution >= 0.6 is 0 Å². The third kappa shape index (κ3) is 3.07. The summed E-state index contributed by atoms with van der Waals surface area (Å²) in [6, 6.07) is 5.58. The Morgan fingerprint density at radius 3 is 2.56 bits per heavy atom. The second kappa shape index (κ2) is 6.40. The number of anilines is 1. The van der Waals surface area contributed by atoms with Crippen LogP contribution in [0.4, 0.5) is 10.5 Å². The number of aryl methyl sites for hydroxylation is 1. The zero-order chi connectivity index (χ0) is 19.3. The first-order chi connectivity index (χ1) is 12.9. The molecule has 2 heterocycles. The van der Waals surface area contributed by atoms with Gasteiger partial charge in [-0.25, -0.2) is 4.79 Å². The van der Waals surface area contributed by atoms with Gasteiger partial charge < -0.3 is 15.3 Å². The predicted molar refractivity (Wildman–Crippen MR) is 101 cm³/mol. The van der Waals surface area contributed by atoms with Gasteiger partial charge in [0.15, 0.2) is 0 Å². The largest absolute Gasteiger partial charge is 0.465 e. The lowest BCUT2D eigenvalue weighted by molar-refractivity contribution is -0.117. The topological polar surface area (TPSA) is 87.5 Å². The maximum Gasteiger partial charge on any atom is 0.405 e. The number of hydrogen-bond donors (Lipinski definition) is 2. The smallest absolute Gasteiger partial charge is 0.405 e. The van der Waals surface area contributed by atoms with Crippen molar-refractivity contribution in [3.8, 4) is 11.1 Å². The lowest BCUT2D eigenvalue weighted by Crippen LogP contribution is -2.53. The zero-order valence-electron chi connectivity index (χ0n) is 15.7. The fourth-order valence-corrected chi connectivity index (χ4v) is 4.45. The maximum absolute atomic E-state index is 12.5. The van der Waals surface area contributed by atoms with Crippen LogP contribution in [-0.4, -0.2) is 32.9 Å². The quantitative estimate of drug-likeness (QED) is 0.871. The molecule has 0 spiro atoms. The molecule has 1 saturated carbocycles. The standard InChI is InChI=1S/C20H24N4O3/c1-11-18(22-20(26)27)16-8-14(15-9-21-23(3)10-15)6-7-17(16)24(12(2)25)19(11)13-4-5-13/h6-11,13,18-19,22H,4-5H2,1-3H3,(H,26,27)/t11-,18-,19+/m1/s1. The number of carboxylic acid groups (broad SMARTS) is 1. The van der Waals surface area contributed by atoms with E-state index in [1.54, 1.807) is 17.8 Å². The molecule has 27 heavy (non-hydrogen) atoms. The fraction of sp³-hybridized carbons (Fsp3) is 0.450. The van der Waals surface area contributed by atoms with Gasteiger partial charge >= 0.3 is 6.09 Å².